The van der Waals surface area contributed by atoms with Gasteiger partial charge in [0, 0.05) is 28.5 Å². The first-order chi connectivity index (χ1) is 13.0. The smallest absolute Gasteiger partial charge is 0.322 e. The molecule has 27 heavy (non-hydrogen) atoms. The predicted molar refractivity (Wildman–Crippen MR) is 105 cm³/mol. The Morgan fingerprint density at radius 2 is 1.93 bits per heavy atom. The maximum absolute atomic E-state index is 13.4. The molecular weight excluding hydrogens is 341 g/mol. The van der Waals surface area contributed by atoms with Crippen molar-refractivity contribution in [3.8, 4) is 0 Å². The lowest BCUT2D eigenvalue weighted by molar-refractivity contribution is 0.182. The lowest BCUT2D eigenvalue weighted by Gasteiger charge is -2.38. The second-order valence-corrected chi connectivity index (χ2v) is 7.15. The number of rotatable bonds is 3. The molecule has 1 atom stereocenters. The fraction of sp³-hybridized carbons (Fsp3) is 0.273. The quantitative estimate of drug-likeness (QED) is 0.833. The predicted octanol–water partition coefficient (Wildman–Crippen LogP) is 4.06. The minimum Gasteiger partial charge on any atom is -0.374 e. The Kier molecular flexibility index (Phi) is 4.46. The number of hydrogen-bond donors (Lipinski definition) is 1. The van der Waals surface area contributed by atoms with Crippen LogP contribution in [0, 0.1) is 5.82 Å². The first kappa shape index (κ1) is 17.4. The van der Waals surface area contributed by atoms with Gasteiger partial charge in [-0.3, -0.25) is 0 Å². The number of amides is 2. The Labute approximate surface area is 160 Å². The monoisotopic (exact) mass is 365 g/mol. The molecule has 1 heterocycles. The zero-order valence-electron chi connectivity index (χ0n) is 15.5. The van der Waals surface area contributed by atoms with E-state index in [2.05, 4.69) is 23.2 Å². The van der Waals surface area contributed by atoms with Crippen LogP contribution in [-0.2, 0) is 6.42 Å². The van der Waals surface area contributed by atoms with Gasteiger partial charge in [0.2, 0.25) is 0 Å². The average molecular weight is 365 g/mol. The van der Waals surface area contributed by atoms with Crippen molar-refractivity contribution >= 4 is 6.03 Å². The van der Waals surface area contributed by atoms with E-state index in [0.717, 1.165) is 28.9 Å². The second-order valence-electron chi connectivity index (χ2n) is 7.15. The highest BCUT2D eigenvalue weighted by Gasteiger charge is 2.32. The molecule has 0 spiro atoms. The van der Waals surface area contributed by atoms with Crippen LogP contribution >= 0.6 is 0 Å². The van der Waals surface area contributed by atoms with Gasteiger partial charge in [0.05, 0.1) is 17.4 Å². The highest BCUT2D eigenvalue weighted by Crippen LogP contribution is 2.35. The molecule has 0 radical (unpaired) electrons. The minimum atomic E-state index is -0.278. The molecule has 0 bridgehead atoms. The summed E-state index contributed by atoms with van der Waals surface area (Å²) in [4.78, 5) is 16.8. The zero-order valence-corrected chi connectivity index (χ0v) is 15.5. The van der Waals surface area contributed by atoms with Gasteiger partial charge in [-0.25, -0.2) is 9.18 Å². The van der Waals surface area contributed by atoms with Crippen molar-refractivity contribution in [1.29, 1.82) is 0 Å². The molecule has 1 aliphatic heterocycles. The summed E-state index contributed by atoms with van der Waals surface area (Å²) in [6.45, 7) is 0.614. The standard InChI is InChI=1S/C22H22FN3O.H2/c1-25(2)19-13-18(14-19)24-22(27)26-12-11-15-5-3-4-6-20(15)21(26)16-7-9-17(23)10-8-16;/h3-10,21H,11-13H2,1-2H3,(H,24,27);1H/t21-;/m0./s1. The second kappa shape index (κ2) is 6.93. The number of halogens is 1. The molecule has 0 unspecified atom stereocenters. The fourth-order valence-electron chi connectivity index (χ4n) is 3.66. The van der Waals surface area contributed by atoms with Gasteiger partial charge in [0.1, 0.15) is 5.82 Å². The van der Waals surface area contributed by atoms with Gasteiger partial charge in [-0.2, -0.15) is 0 Å². The van der Waals surface area contributed by atoms with Gasteiger partial charge in [0.25, 0.3) is 0 Å². The molecule has 4 rings (SSSR count). The number of fused-ring (bicyclic) bond motifs is 1. The Hall–Kier alpha value is -3.04. The van der Waals surface area contributed by atoms with Crippen molar-refractivity contribution in [1.82, 2.24) is 15.1 Å². The minimum absolute atomic E-state index is 0. The molecule has 1 aliphatic carbocycles. The van der Waals surface area contributed by atoms with Crippen LogP contribution in [0.25, 0.3) is 0 Å². The number of urea groups is 1. The molecule has 5 heteroatoms. The largest absolute Gasteiger partial charge is 0.374 e. The number of hydrogen-bond acceptors (Lipinski definition) is 2. The van der Waals surface area contributed by atoms with Gasteiger partial charge in [-0.1, -0.05) is 42.1 Å². The van der Waals surface area contributed by atoms with Gasteiger partial charge < -0.3 is 15.1 Å². The average Bonchev–Trinajstić information content (AvgIpc) is 2.63. The van der Waals surface area contributed by atoms with Crippen molar-refractivity contribution in [3.63, 3.8) is 0 Å². The summed E-state index contributed by atoms with van der Waals surface area (Å²) in [5.74, 6) is -0.278. The molecule has 0 fully saturated rings. The van der Waals surface area contributed by atoms with E-state index in [1.807, 2.05) is 36.0 Å². The van der Waals surface area contributed by atoms with Crippen molar-refractivity contribution in [2.75, 3.05) is 20.6 Å². The summed E-state index contributed by atoms with van der Waals surface area (Å²) in [5.41, 5.74) is 8.29. The Morgan fingerprint density at radius 1 is 1.22 bits per heavy atom. The van der Waals surface area contributed by atoms with Gasteiger partial charge >= 0.3 is 6.03 Å². The van der Waals surface area contributed by atoms with E-state index in [1.165, 1.54) is 17.7 Å². The van der Waals surface area contributed by atoms with E-state index in [4.69, 9.17) is 0 Å². The Morgan fingerprint density at radius 3 is 2.63 bits per heavy atom. The lowest BCUT2D eigenvalue weighted by atomic mass is 9.88. The van der Waals surface area contributed by atoms with Crippen LogP contribution in [0.5, 0.6) is 0 Å². The van der Waals surface area contributed by atoms with Crippen LogP contribution in [-0.4, -0.2) is 36.5 Å². The molecule has 0 saturated carbocycles. The molecule has 4 nitrogen and oxygen atoms in total. The molecule has 2 aromatic rings. The lowest BCUT2D eigenvalue weighted by Crippen LogP contribution is -2.46. The number of carbonyl (C=O) groups is 1. The molecular formula is C22H24FN3O. The molecule has 140 valence electrons. The van der Waals surface area contributed by atoms with Gasteiger partial charge in [-0.15, -0.1) is 0 Å². The van der Waals surface area contributed by atoms with Crippen LogP contribution in [0.2, 0.25) is 0 Å². The highest BCUT2D eigenvalue weighted by atomic mass is 19.1. The molecule has 2 amide bonds. The number of carbonyl (C=O) groups excluding carboxylic acids is 1. The summed E-state index contributed by atoms with van der Waals surface area (Å²) in [5, 5.41) is 2.98. The van der Waals surface area contributed by atoms with Crippen LogP contribution in [0.3, 0.4) is 0 Å². The van der Waals surface area contributed by atoms with Crippen LogP contribution in [0.1, 0.15) is 30.6 Å². The molecule has 2 aromatic carbocycles. The Bertz CT molecular complexity index is 949. The van der Waals surface area contributed by atoms with Crippen molar-refractivity contribution < 1.29 is 10.6 Å². The number of benzene rings is 2. The topological polar surface area (TPSA) is 35.6 Å². The van der Waals surface area contributed by atoms with Crippen molar-refractivity contribution in [3.05, 3.63) is 88.2 Å². The summed E-state index contributed by atoms with van der Waals surface area (Å²) in [6.07, 6.45) is 1.52. The molecule has 0 aromatic heterocycles. The van der Waals surface area contributed by atoms with Gasteiger partial charge in [-0.05, 0) is 35.2 Å². The van der Waals surface area contributed by atoms with E-state index in [1.54, 1.807) is 12.1 Å². The summed E-state index contributed by atoms with van der Waals surface area (Å²) >= 11 is 0. The summed E-state index contributed by atoms with van der Waals surface area (Å²) < 4.78 is 13.4. The fourth-order valence-corrected chi connectivity index (χ4v) is 3.66. The van der Waals surface area contributed by atoms with Crippen molar-refractivity contribution in [2.24, 2.45) is 0 Å². The molecule has 2 aliphatic rings. The first-order valence-corrected chi connectivity index (χ1v) is 9.10. The first-order valence-electron chi connectivity index (χ1n) is 9.10. The third kappa shape index (κ3) is 3.34. The van der Waals surface area contributed by atoms with E-state index < -0.39 is 0 Å². The maximum atomic E-state index is 13.4. The van der Waals surface area contributed by atoms with Crippen molar-refractivity contribution in [2.45, 2.75) is 18.9 Å². The van der Waals surface area contributed by atoms with E-state index in [9.17, 15) is 9.18 Å². The third-order valence-electron chi connectivity index (χ3n) is 5.17. The van der Waals surface area contributed by atoms with Crippen LogP contribution < -0.4 is 5.32 Å². The number of nitrogens with one attached hydrogen (secondary N) is 1. The van der Waals surface area contributed by atoms with E-state index >= 15 is 0 Å². The van der Waals surface area contributed by atoms with E-state index in [0.29, 0.717) is 13.0 Å². The Balaban J connectivity index is 0.00000225. The third-order valence-corrected chi connectivity index (χ3v) is 5.17. The normalized spacial score (nSPS) is 18.0. The van der Waals surface area contributed by atoms with E-state index in [-0.39, 0.29) is 19.3 Å². The number of nitrogens with zero attached hydrogens (tertiary/aromatic N) is 2. The van der Waals surface area contributed by atoms with Crippen LogP contribution in [0.15, 0.2) is 65.7 Å². The maximum Gasteiger partial charge on any atom is 0.322 e. The summed E-state index contributed by atoms with van der Waals surface area (Å²) in [7, 11) is 3.93. The molecule has 1 N–H and O–H groups in total. The molecule has 0 saturated heterocycles. The summed E-state index contributed by atoms with van der Waals surface area (Å²) in [6, 6.07) is 14.2. The van der Waals surface area contributed by atoms with Crippen LogP contribution in [0.4, 0.5) is 9.18 Å². The van der Waals surface area contributed by atoms with Gasteiger partial charge in [0.15, 0.2) is 0 Å². The highest BCUT2D eigenvalue weighted by molar-refractivity contribution is 5.78. The zero-order chi connectivity index (χ0) is 19.0. The SMILES string of the molecule is CN(C)C1=C=C(NC(=O)N2CCc3ccccc3[C@@H]2c2ccc(F)cc2)C1.[HH].